The number of likely N-dealkylation sites (tertiary alicyclic amines) is 1. The monoisotopic (exact) mass is 604 g/mol. The lowest BCUT2D eigenvalue weighted by molar-refractivity contribution is -0.137. The zero-order valence-corrected chi connectivity index (χ0v) is 21.6. The highest BCUT2D eigenvalue weighted by Gasteiger charge is 2.30. The number of alkyl halides is 3. The Balaban J connectivity index is 1.21. The van der Waals surface area contributed by atoms with Crippen LogP contribution in [0, 0.1) is 9.62 Å². The van der Waals surface area contributed by atoms with Gasteiger partial charge >= 0.3 is 6.18 Å². The normalized spacial score (nSPS) is 17.1. The van der Waals surface area contributed by atoms with E-state index in [1.54, 1.807) is 24.4 Å². The van der Waals surface area contributed by atoms with Gasteiger partial charge in [0.05, 0.1) is 9.26 Å². The van der Waals surface area contributed by atoms with Crippen molar-refractivity contribution in [2.24, 2.45) is 5.92 Å². The van der Waals surface area contributed by atoms with Crippen LogP contribution in [-0.2, 0) is 12.7 Å². The van der Waals surface area contributed by atoms with Gasteiger partial charge in [0.25, 0.3) is 0 Å². The number of benzene rings is 2. The number of phenols is 1. The van der Waals surface area contributed by atoms with Crippen molar-refractivity contribution in [2.45, 2.75) is 25.6 Å². The van der Waals surface area contributed by atoms with Crippen molar-refractivity contribution in [1.82, 2.24) is 20.0 Å². The van der Waals surface area contributed by atoms with Crippen LogP contribution >= 0.6 is 20.7 Å². The molecule has 0 unspecified atom stereocenters. The number of rotatable bonds is 6. The first-order valence-corrected chi connectivity index (χ1v) is 13.9. The molecule has 0 spiro atoms. The van der Waals surface area contributed by atoms with E-state index in [0.29, 0.717) is 23.5 Å². The quantitative estimate of drug-likeness (QED) is 0.329. The number of nitrogens with one attached hydrogen (secondary N) is 1. The van der Waals surface area contributed by atoms with Crippen molar-refractivity contribution in [2.75, 3.05) is 19.6 Å². The van der Waals surface area contributed by atoms with E-state index in [2.05, 4.69) is 21.4 Å². The van der Waals surface area contributed by atoms with Gasteiger partial charge in [-0.2, -0.15) is 18.3 Å². The molecule has 5 nitrogen and oxygen atoms in total. The van der Waals surface area contributed by atoms with Gasteiger partial charge in [-0.1, -0.05) is 57.1 Å². The van der Waals surface area contributed by atoms with Crippen LogP contribution in [-0.4, -0.2) is 50.8 Å². The molecule has 2 aliphatic heterocycles. The molecule has 2 aromatic carbocycles. The molecule has 2 N–H and O–H groups in total. The summed E-state index contributed by atoms with van der Waals surface area (Å²) in [5, 5.41) is 18.4. The number of hydrogen-bond acceptors (Lipinski definition) is 4. The predicted molar refractivity (Wildman–Crippen MR) is 144 cm³/mol. The summed E-state index contributed by atoms with van der Waals surface area (Å²) in [7, 11) is 6.20. The number of fused-ring (bicyclic) bond motifs is 1. The molecule has 1 aromatic heterocycles. The summed E-state index contributed by atoms with van der Waals surface area (Å²) in [6.07, 6.45) is 1.32. The lowest BCUT2D eigenvalue weighted by Crippen LogP contribution is -2.37. The minimum atomic E-state index is -4.32. The van der Waals surface area contributed by atoms with Crippen molar-refractivity contribution in [3.05, 3.63) is 81.2 Å². The molecule has 10 heteroatoms. The lowest BCUT2D eigenvalue weighted by Gasteiger charge is -2.32. The van der Waals surface area contributed by atoms with Gasteiger partial charge in [-0.05, 0) is 61.1 Å². The topological polar surface area (TPSA) is 53.3 Å². The van der Waals surface area contributed by atoms with Crippen molar-refractivity contribution >= 4 is 43.4 Å². The molecule has 1 saturated heterocycles. The Hall–Kier alpha value is -2.60. The van der Waals surface area contributed by atoms with Crippen molar-refractivity contribution in [3.8, 4) is 5.75 Å². The SMILES string of the molecule is [B]c1cnn2c1I=C(c1ccccc1O)C=C2NCC1CCN(Cc2cccc(C(F)(F)F)c2)CC1. The Morgan fingerprint density at radius 1 is 1.11 bits per heavy atom. The lowest BCUT2D eigenvalue weighted by atomic mass is 9.96. The highest BCUT2D eigenvalue weighted by Crippen LogP contribution is 2.31. The number of allylic oxidation sites excluding steroid dienone is 1. The molecule has 0 saturated carbocycles. The average molecular weight is 604 g/mol. The fourth-order valence-corrected chi connectivity index (χ4v) is 7.36. The third kappa shape index (κ3) is 5.54. The molecule has 2 radical (unpaired) electrons. The van der Waals surface area contributed by atoms with E-state index in [1.165, 1.54) is 12.1 Å². The Morgan fingerprint density at radius 2 is 1.89 bits per heavy atom. The molecule has 1 fully saturated rings. The molecule has 36 heavy (non-hydrogen) atoms. The molecule has 2 aliphatic rings. The van der Waals surface area contributed by atoms with E-state index in [-0.39, 0.29) is 5.75 Å². The second-order valence-electron chi connectivity index (χ2n) is 9.09. The van der Waals surface area contributed by atoms with Gasteiger partial charge in [-0.3, -0.25) is 4.90 Å². The van der Waals surface area contributed by atoms with Crippen LogP contribution in [0.5, 0.6) is 5.75 Å². The summed E-state index contributed by atoms with van der Waals surface area (Å²) < 4.78 is 43.0. The summed E-state index contributed by atoms with van der Waals surface area (Å²) in [6, 6.07) is 12.9. The third-order valence-electron chi connectivity index (χ3n) is 6.52. The fourth-order valence-electron chi connectivity index (χ4n) is 4.55. The zero-order valence-electron chi connectivity index (χ0n) is 19.5. The second-order valence-corrected chi connectivity index (χ2v) is 11.8. The van der Waals surface area contributed by atoms with Gasteiger partial charge < -0.3 is 10.4 Å². The van der Waals surface area contributed by atoms with Crippen LogP contribution in [0.2, 0.25) is 0 Å². The van der Waals surface area contributed by atoms with E-state index in [0.717, 1.165) is 57.1 Å². The number of para-hydroxylation sites is 1. The van der Waals surface area contributed by atoms with Crippen LogP contribution in [0.3, 0.4) is 0 Å². The molecular weight excluding hydrogens is 579 g/mol. The third-order valence-corrected chi connectivity index (χ3v) is 9.58. The Morgan fingerprint density at radius 3 is 2.64 bits per heavy atom. The summed E-state index contributed by atoms with van der Waals surface area (Å²) in [6.45, 7) is 2.95. The molecular formula is C26H25BF3IN4O. The Labute approximate surface area is 219 Å². The smallest absolute Gasteiger partial charge is 0.416 e. The van der Waals surface area contributed by atoms with Crippen molar-refractivity contribution < 1.29 is 18.3 Å². The van der Waals surface area contributed by atoms with Gasteiger partial charge in [0.2, 0.25) is 0 Å². The predicted octanol–water partition coefficient (Wildman–Crippen LogP) is 4.08. The minimum Gasteiger partial charge on any atom is -0.507 e. The maximum atomic E-state index is 13.0. The second kappa shape index (κ2) is 10.4. The summed E-state index contributed by atoms with van der Waals surface area (Å²) in [5.74, 6) is 1.53. The van der Waals surface area contributed by atoms with Gasteiger partial charge in [0, 0.05) is 28.4 Å². The maximum absolute atomic E-state index is 13.0. The maximum Gasteiger partial charge on any atom is 0.416 e. The molecule has 3 aromatic rings. The number of aromatic hydroxyl groups is 1. The van der Waals surface area contributed by atoms with Gasteiger partial charge in [-0.15, -0.1) is 0 Å². The highest BCUT2D eigenvalue weighted by atomic mass is 127. The van der Waals surface area contributed by atoms with Crippen LogP contribution in [0.4, 0.5) is 13.2 Å². The molecule has 0 atom stereocenters. The number of aromatic nitrogens is 2. The van der Waals surface area contributed by atoms with Gasteiger partial charge in [0.15, 0.2) is 0 Å². The molecule has 186 valence electrons. The molecule has 0 bridgehead atoms. The summed E-state index contributed by atoms with van der Waals surface area (Å²) in [4.78, 5) is 2.21. The molecule has 3 heterocycles. The molecule has 0 amide bonds. The number of piperidine rings is 1. The number of halogens is 4. The first-order chi connectivity index (χ1) is 17.3. The van der Waals surface area contributed by atoms with Crippen LogP contribution in [0.1, 0.15) is 29.5 Å². The van der Waals surface area contributed by atoms with Crippen LogP contribution in [0.15, 0.2) is 60.8 Å². The van der Waals surface area contributed by atoms with E-state index < -0.39 is 32.5 Å². The van der Waals surface area contributed by atoms with Crippen molar-refractivity contribution in [1.29, 1.82) is 0 Å². The van der Waals surface area contributed by atoms with E-state index in [4.69, 9.17) is 7.85 Å². The summed E-state index contributed by atoms with van der Waals surface area (Å²) in [5.41, 5.74) is 1.57. The Kier molecular flexibility index (Phi) is 7.25. The zero-order chi connectivity index (χ0) is 25.3. The summed E-state index contributed by atoms with van der Waals surface area (Å²) >= 11 is -0.607. The standard InChI is InChI=1S/C26H25BF3IN4O/c27-21-15-33-35-24(13-22(31-25(21)35)20-6-1-2-7-23(20)36)32-14-17-8-10-34(11-9-17)16-18-4-3-5-19(12-18)26(28,29)30/h1-7,12-13,15,17,32,36H,8-11,14,16H2. The highest BCUT2D eigenvalue weighted by molar-refractivity contribution is 14.2. The van der Waals surface area contributed by atoms with E-state index in [9.17, 15) is 18.3 Å². The molecule has 5 rings (SSSR count). The average Bonchev–Trinajstić information content (AvgIpc) is 3.24. The fraction of sp³-hybridized carbons (Fsp3) is 0.308. The largest absolute Gasteiger partial charge is 0.507 e. The first-order valence-electron chi connectivity index (χ1n) is 11.8. The van der Waals surface area contributed by atoms with E-state index >= 15 is 0 Å². The van der Waals surface area contributed by atoms with E-state index in [1.807, 2.05) is 16.8 Å². The number of phenolic OH excluding ortho intramolecular Hbond substituents is 1. The number of hydrogen-bond donors (Lipinski definition) is 2. The molecule has 0 aliphatic carbocycles. The van der Waals surface area contributed by atoms with Gasteiger partial charge in [-0.25, -0.2) is 4.68 Å². The minimum absolute atomic E-state index is 0.252. The Bertz CT molecular complexity index is 1310. The van der Waals surface area contributed by atoms with Crippen LogP contribution in [0.25, 0.3) is 5.82 Å². The first kappa shape index (κ1) is 25.1. The van der Waals surface area contributed by atoms with Crippen LogP contribution < -0.4 is 10.8 Å². The van der Waals surface area contributed by atoms with Crippen molar-refractivity contribution in [3.63, 3.8) is 0 Å². The van der Waals surface area contributed by atoms with Gasteiger partial charge in [0.1, 0.15) is 19.4 Å². The number of nitrogens with zero attached hydrogens (tertiary/aromatic N) is 3.